The zero-order chi connectivity index (χ0) is 20.6. The average Bonchev–Trinajstić information content (AvgIpc) is 2.74. The molecule has 5 heteroatoms. The first-order chi connectivity index (χ1) is 14.0. The van der Waals surface area contributed by atoms with Crippen LogP contribution in [0.4, 0.5) is 0 Å². The molecule has 3 rings (SSSR count). The van der Waals surface area contributed by atoms with Crippen LogP contribution in [0.1, 0.15) is 27.0 Å². The highest BCUT2D eigenvalue weighted by atomic mass is 35.5. The minimum atomic E-state index is -0.0912. The molecular weight excluding hydrogens is 402 g/mol. The predicted molar refractivity (Wildman–Crippen MR) is 121 cm³/mol. The third-order valence-corrected chi connectivity index (χ3v) is 5.97. The Bertz CT molecular complexity index is 956. The molecule has 0 aliphatic heterocycles. The van der Waals surface area contributed by atoms with Crippen LogP contribution in [0, 0.1) is 13.8 Å². The molecule has 1 amide bonds. The lowest BCUT2D eigenvalue weighted by Crippen LogP contribution is -2.28. The van der Waals surface area contributed by atoms with E-state index in [1.165, 1.54) is 16.0 Å². The van der Waals surface area contributed by atoms with Crippen molar-refractivity contribution in [2.45, 2.75) is 24.5 Å². The summed E-state index contributed by atoms with van der Waals surface area (Å²) in [5.74, 6) is 1.61. The monoisotopic (exact) mass is 425 g/mol. The van der Waals surface area contributed by atoms with E-state index >= 15 is 0 Å². The molecule has 0 fully saturated rings. The molecule has 0 aliphatic rings. The summed E-state index contributed by atoms with van der Waals surface area (Å²) < 4.78 is 5.78. The molecule has 3 aromatic carbocycles. The van der Waals surface area contributed by atoms with Crippen LogP contribution in [0.2, 0.25) is 5.02 Å². The second kappa shape index (κ2) is 10.4. The van der Waals surface area contributed by atoms with Crippen LogP contribution in [0.15, 0.2) is 71.6 Å². The molecular formula is C24H24ClNO2S. The van der Waals surface area contributed by atoms with Gasteiger partial charge in [-0.1, -0.05) is 35.9 Å². The van der Waals surface area contributed by atoms with Crippen LogP contribution in [0.5, 0.6) is 5.75 Å². The molecule has 0 spiro atoms. The van der Waals surface area contributed by atoms with E-state index in [0.717, 1.165) is 22.1 Å². The number of carbonyl (C=O) groups is 1. The molecule has 0 heterocycles. The van der Waals surface area contributed by atoms with Crippen LogP contribution in [-0.2, 0) is 5.75 Å². The van der Waals surface area contributed by atoms with Gasteiger partial charge in [0.05, 0.1) is 6.54 Å². The molecule has 150 valence electrons. The number of benzene rings is 3. The topological polar surface area (TPSA) is 38.3 Å². The van der Waals surface area contributed by atoms with Crippen molar-refractivity contribution in [3.63, 3.8) is 0 Å². The van der Waals surface area contributed by atoms with Crippen LogP contribution >= 0.6 is 23.4 Å². The van der Waals surface area contributed by atoms with Crippen molar-refractivity contribution in [1.29, 1.82) is 0 Å². The van der Waals surface area contributed by atoms with Gasteiger partial charge in [-0.15, -0.1) is 11.8 Å². The quantitative estimate of drug-likeness (QED) is 0.352. The molecule has 3 aromatic rings. The fourth-order valence-electron chi connectivity index (χ4n) is 2.76. The Morgan fingerprint density at radius 1 is 1.00 bits per heavy atom. The number of carbonyl (C=O) groups excluding carboxylic acids is 1. The molecule has 0 aliphatic carbocycles. The van der Waals surface area contributed by atoms with E-state index in [0.29, 0.717) is 18.7 Å². The van der Waals surface area contributed by atoms with Crippen LogP contribution in [0.25, 0.3) is 0 Å². The van der Waals surface area contributed by atoms with Crippen LogP contribution in [0.3, 0.4) is 0 Å². The van der Waals surface area contributed by atoms with E-state index < -0.39 is 0 Å². The van der Waals surface area contributed by atoms with E-state index in [4.69, 9.17) is 16.3 Å². The van der Waals surface area contributed by atoms with Gasteiger partial charge in [-0.3, -0.25) is 4.79 Å². The second-order valence-corrected chi connectivity index (χ2v) is 8.23. The maximum Gasteiger partial charge on any atom is 0.251 e. The average molecular weight is 426 g/mol. The lowest BCUT2D eigenvalue weighted by Gasteiger charge is -2.11. The number of halogens is 1. The van der Waals surface area contributed by atoms with Gasteiger partial charge in [0.1, 0.15) is 12.4 Å². The lowest BCUT2D eigenvalue weighted by molar-refractivity contribution is 0.0947. The van der Waals surface area contributed by atoms with Crippen LogP contribution in [-0.4, -0.2) is 19.1 Å². The highest BCUT2D eigenvalue weighted by molar-refractivity contribution is 7.98. The van der Waals surface area contributed by atoms with Crippen molar-refractivity contribution in [2.75, 3.05) is 13.2 Å². The largest absolute Gasteiger partial charge is 0.491 e. The Hall–Kier alpha value is -2.43. The Morgan fingerprint density at radius 2 is 1.72 bits per heavy atom. The first-order valence-corrected chi connectivity index (χ1v) is 10.8. The zero-order valence-electron chi connectivity index (χ0n) is 16.6. The normalized spacial score (nSPS) is 10.6. The summed E-state index contributed by atoms with van der Waals surface area (Å²) in [5.41, 5.74) is 4.14. The highest BCUT2D eigenvalue weighted by Gasteiger charge is 2.06. The Balaban J connectivity index is 1.43. The second-order valence-electron chi connectivity index (χ2n) is 6.74. The standard InChI is InChI=1S/C24H24ClNO2S/c1-17-4-3-5-23(18(17)2)28-15-14-26-24(27)20-8-6-19(7-9-20)16-29-22-12-10-21(25)11-13-22/h3-13H,14-16H2,1-2H3,(H,26,27). The van der Waals surface area contributed by atoms with E-state index in [9.17, 15) is 4.79 Å². The Kier molecular flexibility index (Phi) is 7.62. The van der Waals surface area contributed by atoms with E-state index in [1.807, 2.05) is 67.6 Å². The van der Waals surface area contributed by atoms with Crippen LogP contribution < -0.4 is 10.1 Å². The van der Waals surface area contributed by atoms with E-state index in [1.54, 1.807) is 11.8 Å². The van der Waals surface area contributed by atoms with Gasteiger partial charge in [-0.25, -0.2) is 0 Å². The maximum atomic E-state index is 12.3. The van der Waals surface area contributed by atoms with Crippen molar-refractivity contribution < 1.29 is 9.53 Å². The van der Waals surface area contributed by atoms with Gasteiger partial charge in [0.2, 0.25) is 0 Å². The molecule has 0 atom stereocenters. The van der Waals surface area contributed by atoms with Gasteiger partial charge in [-0.2, -0.15) is 0 Å². The lowest BCUT2D eigenvalue weighted by atomic mass is 10.1. The summed E-state index contributed by atoms with van der Waals surface area (Å²) in [6, 6.07) is 21.5. The summed E-state index contributed by atoms with van der Waals surface area (Å²) in [5, 5.41) is 3.64. The van der Waals surface area contributed by atoms with Crippen molar-refractivity contribution in [1.82, 2.24) is 5.32 Å². The van der Waals surface area contributed by atoms with Crippen molar-refractivity contribution in [3.05, 3.63) is 94.0 Å². The summed E-state index contributed by atoms with van der Waals surface area (Å²) in [6.45, 7) is 4.99. The number of nitrogens with one attached hydrogen (secondary N) is 1. The molecule has 29 heavy (non-hydrogen) atoms. The minimum Gasteiger partial charge on any atom is -0.491 e. The molecule has 0 radical (unpaired) electrons. The van der Waals surface area contributed by atoms with Gasteiger partial charge in [0.15, 0.2) is 0 Å². The molecule has 0 aromatic heterocycles. The predicted octanol–water partition coefficient (Wildman–Crippen LogP) is 6.06. The maximum absolute atomic E-state index is 12.3. The third-order valence-electron chi connectivity index (χ3n) is 4.64. The molecule has 1 N–H and O–H groups in total. The van der Waals surface area contributed by atoms with E-state index in [-0.39, 0.29) is 5.91 Å². The summed E-state index contributed by atoms with van der Waals surface area (Å²) in [6.07, 6.45) is 0. The summed E-state index contributed by atoms with van der Waals surface area (Å²) >= 11 is 7.65. The molecule has 3 nitrogen and oxygen atoms in total. The number of ether oxygens (including phenoxy) is 1. The number of aryl methyl sites for hydroxylation is 1. The molecule has 0 bridgehead atoms. The summed E-state index contributed by atoms with van der Waals surface area (Å²) in [4.78, 5) is 13.5. The van der Waals surface area contributed by atoms with Crippen molar-refractivity contribution >= 4 is 29.3 Å². The zero-order valence-corrected chi connectivity index (χ0v) is 18.1. The summed E-state index contributed by atoms with van der Waals surface area (Å²) in [7, 11) is 0. The smallest absolute Gasteiger partial charge is 0.251 e. The number of thioether (sulfide) groups is 1. The minimum absolute atomic E-state index is 0.0912. The van der Waals surface area contributed by atoms with Gasteiger partial charge in [-0.05, 0) is 73.0 Å². The third kappa shape index (κ3) is 6.28. The van der Waals surface area contributed by atoms with Crippen molar-refractivity contribution in [2.24, 2.45) is 0 Å². The number of rotatable bonds is 8. The van der Waals surface area contributed by atoms with Gasteiger partial charge >= 0.3 is 0 Å². The molecule has 0 saturated carbocycles. The Labute approximate surface area is 181 Å². The van der Waals surface area contributed by atoms with Gasteiger partial charge in [0, 0.05) is 21.2 Å². The molecule has 0 unspecified atom stereocenters. The first kappa shape index (κ1) is 21.3. The Morgan fingerprint density at radius 3 is 2.45 bits per heavy atom. The van der Waals surface area contributed by atoms with Crippen molar-refractivity contribution in [3.8, 4) is 5.75 Å². The highest BCUT2D eigenvalue weighted by Crippen LogP contribution is 2.24. The van der Waals surface area contributed by atoms with E-state index in [2.05, 4.69) is 18.3 Å². The fourth-order valence-corrected chi connectivity index (χ4v) is 3.74. The first-order valence-electron chi connectivity index (χ1n) is 9.47. The van der Waals surface area contributed by atoms with Gasteiger partial charge < -0.3 is 10.1 Å². The number of hydrogen-bond donors (Lipinski definition) is 1. The fraction of sp³-hybridized carbons (Fsp3) is 0.208. The number of amides is 1. The SMILES string of the molecule is Cc1cccc(OCCNC(=O)c2ccc(CSc3ccc(Cl)cc3)cc2)c1C. The molecule has 0 saturated heterocycles. The number of hydrogen-bond acceptors (Lipinski definition) is 3. The van der Waals surface area contributed by atoms with Gasteiger partial charge in [0.25, 0.3) is 5.91 Å².